The molecule has 4 nitrogen and oxygen atoms in total. The van der Waals surface area contributed by atoms with E-state index in [1.807, 2.05) is 0 Å². The lowest BCUT2D eigenvalue weighted by Crippen LogP contribution is -2.04. The van der Waals surface area contributed by atoms with Crippen LogP contribution >= 0.6 is 0 Å². The quantitative estimate of drug-likeness (QED) is 0.560. The van der Waals surface area contributed by atoms with E-state index in [1.165, 1.54) is 19.1 Å². The molecule has 11 heavy (non-hydrogen) atoms. The second-order valence-electron chi connectivity index (χ2n) is 1.65. The van der Waals surface area contributed by atoms with E-state index in [2.05, 4.69) is 0 Å². The number of hydrogen-bond donors (Lipinski definition) is 0. The molecule has 0 heterocycles. The second kappa shape index (κ2) is 3.75. The number of allylic oxidation sites excluding steroid dienone is 2. The molecule has 0 saturated heterocycles. The van der Waals surface area contributed by atoms with Gasteiger partial charge < -0.3 is 0 Å². The van der Waals surface area contributed by atoms with Crippen molar-refractivity contribution in [2.24, 2.45) is 0 Å². The van der Waals surface area contributed by atoms with Crippen LogP contribution in [0, 0.1) is 22.7 Å². The third-order valence-corrected chi connectivity index (χ3v) is 2.66. The first-order valence-electron chi connectivity index (χ1n) is 2.81. The van der Waals surface area contributed by atoms with Crippen molar-refractivity contribution in [3.05, 3.63) is 11.0 Å². The van der Waals surface area contributed by atoms with Gasteiger partial charge in [-0.15, -0.1) is 0 Å². The molecule has 0 aliphatic carbocycles. The lowest BCUT2D eigenvalue weighted by Gasteiger charge is -1.93. The fraction of sp³-hybridized carbons (Fsp3) is 0.333. The SMILES string of the molecule is CCS(=O)(=O)C(C#N)=CC#N. The number of nitrogens with zero attached hydrogens (tertiary/aromatic N) is 2. The van der Waals surface area contributed by atoms with E-state index >= 15 is 0 Å². The summed E-state index contributed by atoms with van der Waals surface area (Å²) in [5, 5.41) is 16.4. The third kappa shape index (κ3) is 2.40. The summed E-state index contributed by atoms with van der Waals surface area (Å²) >= 11 is 0. The Bertz CT molecular complexity index is 340. The van der Waals surface area contributed by atoms with E-state index in [-0.39, 0.29) is 5.75 Å². The minimum Gasteiger partial charge on any atom is -0.223 e. The van der Waals surface area contributed by atoms with Crippen LogP contribution in [0.5, 0.6) is 0 Å². The van der Waals surface area contributed by atoms with Crippen LogP contribution in [0.3, 0.4) is 0 Å². The molecule has 0 spiro atoms. The van der Waals surface area contributed by atoms with Gasteiger partial charge in [-0.1, -0.05) is 6.92 Å². The zero-order valence-electron chi connectivity index (χ0n) is 5.90. The van der Waals surface area contributed by atoms with E-state index in [0.29, 0.717) is 0 Å². The molecule has 0 bridgehead atoms. The predicted octanol–water partition coefficient (Wildman–Crippen LogP) is 0.352. The first-order chi connectivity index (χ1) is 5.08. The topological polar surface area (TPSA) is 81.7 Å². The summed E-state index contributed by atoms with van der Waals surface area (Å²) in [6.45, 7) is 1.41. The van der Waals surface area contributed by atoms with Crippen molar-refractivity contribution < 1.29 is 8.42 Å². The van der Waals surface area contributed by atoms with Crippen molar-refractivity contribution in [3.8, 4) is 12.1 Å². The number of nitriles is 2. The molecule has 0 saturated carbocycles. The average Bonchev–Trinajstić information content (AvgIpc) is 2.00. The second-order valence-corrected chi connectivity index (χ2v) is 3.90. The molecule has 0 atom stereocenters. The number of sulfone groups is 1. The van der Waals surface area contributed by atoms with E-state index in [0.717, 1.165) is 6.08 Å². The Morgan fingerprint density at radius 1 is 1.55 bits per heavy atom. The largest absolute Gasteiger partial charge is 0.223 e. The maximum absolute atomic E-state index is 10.9. The Hall–Kier alpha value is -1.33. The first-order valence-corrected chi connectivity index (χ1v) is 4.46. The van der Waals surface area contributed by atoms with Crippen molar-refractivity contribution in [1.29, 1.82) is 10.5 Å². The van der Waals surface area contributed by atoms with Crippen LogP contribution in [0.4, 0.5) is 0 Å². The minimum absolute atomic E-state index is 0.159. The molecule has 0 radical (unpaired) electrons. The zero-order valence-corrected chi connectivity index (χ0v) is 6.72. The van der Waals surface area contributed by atoms with Crippen LogP contribution in [-0.2, 0) is 9.84 Å². The zero-order chi connectivity index (χ0) is 8.91. The van der Waals surface area contributed by atoms with Crippen molar-refractivity contribution in [3.63, 3.8) is 0 Å². The molecule has 0 rings (SSSR count). The molecule has 0 N–H and O–H groups in total. The molecule has 5 heteroatoms. The van der Waals surface area contributed by atoms with Gasteiger partial charge in [0, 0.05) is 6.08 Å². The van der Waals surface area contributed by atoms with Crippen molar-refractivity contribution in [1.82, 2.24) is 0 Å². The Labute approximate surface area is 65.3 Å². The molecule has 0 aliphatic rings. The van der Waals surface area contributed by atoms with Gasteiger partial charge in [-0.25, -0.2) is 8.42 Å². The van der Waals surface area contributed by atoms with Gasteiger partial charge in [-0.2, -0.15) is 10.5 Å². The average molecular weight is 170 g/mol. The van der Waals surface area contributed by atoms with E-state index in [9.17, 15) is 8.42 Å². The fourth-order valence-electron chi connectivity index (χ4n) is 0.406. The molecule has 0 amide bonds. The van der Waals surface area contributed by atoms with Crippen LogP contribution in [0.1, 0.15) is 6.92 Å². The normalized spacial score (nSPS) is 11.7. The Balaban J connectivity index is 5.06. The van der Waals surface area contributed by atoms with Gasteiger partial charge in [0.1, 0.15) is 6.07 Å². The monoisotopic (exact) mass is 170 g/mol. The van der Waals surface area contributed by atoms with Crippen LogP contribution in [-0.4, -0.2) is 14.2 Å². The smallest absolute Gasteiger partial charge is 0.188 e. The van der Waals surface area contributed by atoms with Gasteiger partial charge in [0.15, 0.2) is 14.7 Å². The summed E-state index contributed by atoms with van der Waals surface area (Å²) < 4.78 is 21.8. The van der Waals surface area contributed by atoms with Crippen LogP contribution in [0.15, 0.2) is 11.0 Å². The molecule has 0 aromatic heterocycles. The Kier molecular flexibility index (Phi) is 3.29. The maximum Gasteiger partial charge on any atom is 0.188 e. The molecule has 0 aromatic rings. The minimum atomic E-state index is -3.49. The van der Waals surface area contributed by atoms with Gasteiger partial charge in [0.25, 0.3) is 0 Å². The third-order valence-electron chi connectivity index (χ3n) is 1.02. The van der Waals surface area contributed by atoms with E-state index < -0.39 is 14.7 Å². The van der Waals surface area contributed by atoms with E-state index in [1.54, 1.807) is 0 Å². The van der Waals surface area contributed by atoms with Crippen LogP contribution in [0.2, 0.25) is 0 Å². The number of rotatable bonds is 2. The summed E-state index contributed by atoms with van der Waals surface area (Å²) in [6, 6.07) is 2.94. The molecule has 0 aromatic carbocycles. The van der Waals surface area contributed by atoms with Gasteiger partial charge >= 0.3 is 0 Å². The molecule has 58 valence electrons. The molecular weight excluding hydrogens is 164 g/mol. The summed E-state index contributed by atoms with van der Waals surface area (Å²) in [4.78, 5) is -0.470. The standard InChI is InChI=1S/C6H6N2O2S/c1-2-11(9,10)6(5-8)3-4-7/h3H,2H2,1H3. The summed E-state index contributed by atoms with van der Waals surface area (Å²) in [5.41, 5.74) is 0. The Morgan fingerprint density at radius 2 is 2.09 bits per heavy atom. The van der Waals surface area contributed by atoms with E-state index in [4.69, 9.17) is 10.5 Å². The highest BCUT2D eigenvalue weighted by molar-refractivity contribution is 7.95. The van der Waals surface area contributed by atoms with Crippen LogP contribution in [0.25, 0.3) is 0 Å². The molecule has 0 unspecified atom stereocenters. The molecule has 0 aliphatic heterocycles. The van der Waals surface area contributed by atoms with Gasteiger partial charge in [0.05, 0.1) is 11.8 Å². The highest BCUT2D eigenvalue weighted by Crippen LogP contribution is 2.04. The molecular formula is C6H6N2O2S. The van der Waals surface area contributed by atoms with Crippen LogP contribution < -0.4 is 0 Å². The first kappa shape index (κ1) is 9.67. The summed E-state index contributed by atoms with van der Waals surface area (Å²) in [6.07, 6.45) is 0.735. The predicted molar refractivity (Wildman–Crippen MR) is 38.8 cm³/mol. The summed E-state index contributed by atoms with van der Waals surface area (Å²) in [5.74, 6) is -0.159. The lowest BCUT2D eigenvalue weighted by atomic mass is 10.5. The highest BCUT2D eigenvalue weighted by Gasteiger charge is 2.13. The van der Waals surface area contributed by atoms with Gasteiger partial charge in [-0.05, 0) is 0 Å². The lowest BCUT2D eigenvalue weighted by molar-refractivity contribution is 0.604. The molecule has 0 fully saturated rings. The fourth-order valence-corrected chi connectivity index (χ4v) is 1.09. The van der Waals surface area contributed by atoms with Gasteiger partial charge in [0.2, 0.25) is 0 Å². The number of hydrogen-bond acceptors (Lipinski definition) is 4. The Morgan fingerprint density at radius 3 is 2.36 bits per heavy atom. The highest BCUT2D eigenvalue weighted by atomic mass is 32.2. The van der Waals surface area contributed by atoms with Crippen molar-refractivity contribution >= 4 is 9.84 Å². The van der Waals surface area contributed by atoms with Crippen molar-refractivity contribution in [2.45, 2.75) is 6.92 Å². The van der Waals surface area contributed by atoms with Crippen molar-refractivity contribution in [2.75, 3.05) is 5.75 Å². The maximum atomic E-state index is 10.9. The van der Waals surface area contributed by atoms with Gasteiger partial charge in [-0.3, -0.25) is 0 Å². The summed E-state index contributed by atoms with van der Waals surface area (Å²) in [7, 11) is -3.49.